The quantitative estimate of drug-likeness (QED) is 0.385. The third kappa shape index (κ3) is 11.4. The van der Waals surface area contributed by atoms with Crippen LogP contribution in [0.25, 0.3) is 0 Å². The second kappa shape index (κ2) is 9.87. The van der Waals surface area contributed by atoms with Gasteiger partial charge in [-0.3, -0.25) is 4.79 Å². The molecule has 0 aliphatic heterocycles. The summed E-state index contributed by atoms with van der Waals surface area (Å²) < 4.78 is 0. The van der Waals surface area contributed by atoms with Crippen LogP contribution >= 0.6 is 0 Å². The average molecular weight is 300 g/mol. The van der Waals surface area contributed by atoms with Crippen molar-refractivity contribution in [3.05, 3.63) is 0 Å². The molecule has 124 valence electrons. The Morgan fingerprint density at radius 1 is 1.10 bits per heavy atom. The van der Waals surface area contributed by atoms with E-state index < -0.39 is 0 Å². The largest absolute Gasteiger partial charge is 0.354 e. The highest BCUT2D eigenvalue weighted by Crippen LogP contribution is 2.08. The lowest BCUT2D eigenvalue weighted by atomic mass is 9.99. The molecule has 1 amide bonds. The van der Waals surface area contributed by atoms with Crippen molar-refractivity contribution in [2.75, 3.05) is 26.2 Å². The highest BCUT2D eigenvalue weighted by atomic mass is 16.1. The summed E-state index contributed by atoms with van der Waals surface area (Å²) >= 11 is 0. The first-order valence-corrected chi connectivity index (χ1v) is 7.63. The average Bonchev–Trinajstić information content (AvgIpc) is 2.40. The predicted molar refractivity (Wildman–Crippen MR) is 86.1 cm³/mol. The lowest BCUT2D eigenvalue weighted by molar-refractivity contribution is -0.122. The van der Waals surface area contributed by atoms with Crippen LogP contribution in [0.4, 0.5) is 0 Å². The molecule has 0 radical (unpaired) electrons. The molecule has 0 saturated heterocycles. The van der Waals surface area contributed by atoms with Crippen molar-refractivity contribution in [1.29, 1.82) is 0 Å². The molecule has 0 rings (SSSR count). The summed E-state index contributed by atoms with van der Waals surface area (Å²) in [5.74, 6) is -0.0816. The molecule has 0 aromatic carbocycles. The van der Waals surface area contributed by atoms with E-state index in [-0.39, 0.29) is 29.8 Å². The summed E-state index contributed by atoms with van der Waals surface area (Å²) in [5, 5.41) is 9.70. The van der Waals surface area contributed by atoms with Crippen molar-refractivity contribution in [1.82, 2.24) is 16.0 Å². The van der Waals surface area contributed by atoms with Crippen LogP contribution in [-0.2, 0) is 9.59 Å². The van der Waals surface area contributed by atoms with Crippen LogP contribution < -0.4 is 21.7 Å². The molecule has 21 heavy (non-hydrogen) atoms. The van der Waals surface area contributed by atoms with Crippen LogP contribution in [0.3, 0.4) is 0 Å². The van der Waals surface area contributed by atoms with Gasteiger partial charge >= 0.3 is 0 Å². The van der Waals surface area contributed by atoms with Crippen LogP contribution in [0, 0.1) is 0 Å². The topological polar surface area (TPSA) is 96.2 Å². The zero-order valence-electron chi connectivity index (χ0n) is 13.9. The van der Waals surface area contributed by atoms with Gasteiger partial charge in [0.25, 0.3) is 0 Å². The van der Waals surface area contributed by atoms with E-state index >= 15 is 0 Å². The Morgan fingerprint density at radius 2 is 1.71 bits per heavy atom. The first kappa shape index (κ1) is 20.0. The van der Waals surface area contributed by atoms with Crippen LogP contribution in [0.2, 0.25) is 0 Å². The van der Waals surface area contributed by atoms with E-state index in [9.17, 15) is 9.59 Å². The molecule has 0 saturated carbocycles. The Bertz CT molecular complexity index is 317. The molecule has 6 heteroatoms. The van der Waals surface area contributed by atoms with Crippen molar-refractivity contribution in [3.63, 3.8) is 0 Å². The molecule has 0 aromatic heterocycles. The van der Waals surface area contributed by atoms with Gasteiger partial charge in [0.2, 0.25) is 5.91 Å². The molecule has 0 spiro atoms. The summed E-state index contributed by atoms with van der Waals surface area (Å²) in [6.45, 7) is 11.2. The standard InChI is InChI=1S/C15H32N4O2/c1-14(2,19-10-8-16)7-9-18-15(3,4)12-17-13(21)6-5-11-20/h11,18-19H,5-10,12,16H2,1-4H3,(H,17,21). The minimum absolute atomic E-state index is 0.0374. The van der Waals surface area contributed by atoms with Crippen LogP contribution in [0.15, 0.2) is 0 Å². The van der Waals surface area contributed by atoms with Crippen molar-refractivity contribution in [2.45, 2.75) is 58.0 Å². The molecule has 6 nitrogen and oxygen atoms in total. The zero-order valence-corrected chi connectivity index (χ0v) is 13.9. The van der Waals surface area contributed by atoms with Crippen LogP contribution in [0.5, 0.6) is 0 Å². The molecule has 0 aliphatic carbocycles. The van der Waals surface area contributed by atoms with Gasteiger partial charge in [-0.15, -0.1) is 0 Å². The monoisotopic (exact) mass is 300 g/mol. The maximum atomic E-state index is 11.5. The van der Waals surface area contributed by atoms with E-state index in [0.717, 1.165) is 25.8 Å². The maximum absolute atomic E-state index is 11.5. The normalized spacial score (nSPS) is 12.2. The van der Waals surface area contributed by atoms with Crippen molar-refractivity contribution in [2.24, 2.45) is 5.73 Å². The summed E-state index contributed by atoms with van der Waals surface area (Å²) in [6.07, 6.45) is 2.27. The zero-order chi connectivity index (χ0) is 16.4. The second-order valence-corrected chi connectivity index (χ2v) is 6.64. The minimum Gasteiger partial charge on any atom is -0.354 e. The second-order valence-electron chi connectivity index (χ2n) is 6.64. The Labute approximate surface area is 128 Å². The molecular formula is C15H32N4O2. The number of hydrogen-bond acceptors (Lipinski definition) is 5. The third-order valence-corrected chi connectivity index (χ3v) is 3.32. The maximum Gasteiger partial charge on any atom is 0.220 e. The number of carbonyl (C=O) groups is 2. The fourth-order valence-electron chi connectivity index (χ4n) is 1.87. The van der Waals surface area contributed by atoms with Crippen molar-refractivity contribution in [3.8, 4) is 0 Å². The fraction of sp³-hybridized carbons (Fsp3) is 0.867. The van der Waals surface area contributed by atoms with Crippen LogP contribution in [0.1, 0.15) is 47.0 Å². The minimum atomic E-state index is -0.180. The van der Waals surface area contributed by atoms with Crippen molar-refractivity contribution < 1.29 is 9.59 Å². The third-order valence-electron chi connectivity index (χ3n) is 3.32. The Morgan fingerprint density at radius 3 is 2.29 bits per heavy atom. The predicted octanol–water partition coefficient (Wildman–Crippen LogP) is 0.167. The first-order valence-electron chi connectivity index (χ1n) is 7.63. The van der Waals surface area contributed by atoms with Gasteiger partial charge < -0.3 is 26.5 Å². The molecule has 0 fully saturated rings. The van der Waals surface area contributed by atoms with E-state index in [4.69, 9.17) is 5.73 Å². The first-order chi connectivity index (χ1) is 9.72. The number of nitrogens with one attached hydrogen (secondary N) is 3. The summed E-state index contributed by atoms with van der Waals surface area (Å²) in [6, 6.07) is 0. The highest BCUT2D eigenvalue weighted by molar-refractivity contribution is 5.78. The summed E-state index contributed by atoms with van der Waals surface area (Å²) in [4.78, 5) is 21.7. The molecule has 5 N–H and O–H groups in total. The highest BCUT2D eigenvalue weighted by Gasteiger charge is 2.21. The summed E-state index contributed by atoms with van der Waals surface area (Å²) in [5.41, 5.74) is 5.35. The Kier molecular flexibility index (Phi) is 9.41. The smallest absolute Gasteiger partial charge is 0.220 e. The van der Waals surface area contributed by atoms with Gasteiger partial charge in [-0.1, -0.05) is 0 Å². The van der Waals surface area contributed by atoms with Gasteiger partial charge in [0, 0.05) is 43.6 Å². The number of amides is 1. The lowest BCUT2D eigenvalue weighted by Gasteiger charge is -2.31. The van der Waals surface area contributed by atoms with E-state index in [0.29, 0.717) is 13.1 Å². The summed E-state index contributed by atoms with van der Waals surface area (Å²) in [7, 11) is 0. The molecule has 0 aromatic rings. The fourth-order valence-corrected chi connectivity index (χ4v) is 1.87. The molecule has 0 atom stereocenters. The molecule has 0 unspecified atom stereocenters. The number of carbonyl (C=O) groups excluding carboxylic acids is 2. The lowest BCUT2D eigenvalue weighted by Crippen LogP contribution is -2.51. The van der Waals surface area contributed by atoms with Crippen LogP contribution in [-0.4, -0.2) is 49.5 Å². The van der Waals surface area contributed by atoms with E-state index in [1.807, 2.05) is 13.8 Å². The molecular weight excluding hydrogens is 268 g/mol. The van der Waals surface area contributed by atoms with Crippen molar-refractivity contribution >= 4 is 12.2 Å². The number of aldehydes is 1. The van der Waals surface area contributed by atoms with Gasteiger partial charge in [-0.25, -0.2) is 0 Å². The van der Waals surface area contributed by atoms with Gasteiger partial charge in [0.15, 0.2) is 0 Å². The van der Waals surface area contributed by atoms with E-state index in [1.54, 1.807) is 0 Å². The number of hydrogen-bond donors (Lipinski definition) is 4. The van der Waals surface area contributed by atoms with Gasteiger partial charge in [-0.05, 0) is 40.7 Å². The molecule has 0 aliphatic rings. The van der Waals surface area contributed by atoms with E-state index in [2.05, 4.69) is 29.8 Å². The molecule has 0 heterocycles. The number of nitrogens with two attached hydrogens (primary N) is 1. The van der Waals surface area contributed by atoms with Gasteiger partial charge in [0.1, 0.15) is 6.29 Å². The Hall–Kier alpha value is -0.980. The SMILES string of the molecule is CC(C)(CCNC(C)(C)CNC(=O)CCC=O)NCCN. The Balaban J connectivity index is 3.96. The van der Waals surface area contributed by atoms with Gasteiger partial charge in [0.05, 0.1) is 0 Å². The molecule has 0 bridgehead atoms. The van der Waals surface area contributed by atoms with Gasteiger partial charge in [-0.2, -0.15) is 0 Å². The van der Waals surface area contributed by atoms with E-state index in [1.165, 1.54) is 0 Å². The number of rotatable bonds is 12.